The van der Waals surface area contributed by atoms with E-state index in [1.54, 1.807) is 0 Å². The number of aliphatic carboxylic acids is 2. The Morgan fingerprint density at radius 2 is 1.57 bits per heavy atom. The Labute approximate surface area is 81.5 Å². The van der Waals surface area contributed by atoms with Crippen molar-refractivity contribution in [2.45, 2.75) is 19.3 Å². The molecule has 0 spiro atoms. The van der Waals surface area contributed by atoms with Crippen molar-refractivity contribution in [2.75, 3.05) is 11.5 Å². The number of carboxylic acids is 2. The summed E-state index contributed by atoms with van der Waals surface area (Å²) in [6.45, 7) is 0. The lowest BCUT2D eigenvalue weighted by molar-refractivity contribution is -0.137. The minimum absolute atomic E-state index is 0.0947. The Bertz CT molecular complexity index is 304. The van der Waals surface area contributed by atoms with Crippen LogP contribution in [-0.4, -0.2) is 42.1 Å². The molecule has 6 nitrogen and oxygen atoms in total. The first-order chi connectivity index (χ1) is 6.33. The minimum atomic E-state index is -3.57. The van der Waals surface area contributed by atoms with Crippen molar-refractivity contribution in [3.8, 4) is 0 Å². The number of rotatable bonds is 7. The normalized spacial score (nSPS) is 11.1. The van der Waals surface area contributed by atoms with Gasteiger partial charge in [-0.3, -0.25) is 9.59 Å². The monoisotopic (exact) mass is 224 g/mol. The fourth-order valence-corrected chi connectivity index (χ4v) is 2.02. The second kappa shape index (κ2) is 5.58. The van der Waals surface area contributed by atoms with Gasteiger partial charge in [0.2, 0.25) is 0 Å². The second-order valence-electron chi connectivity index (χ2n) is 2.84. The van der Waals surface area contributed by atoms with Crippen molar-refractivity contribution < 1.29 is 28.2 Å². The first-order valence-corrected chi connectivity index (χ1v) is 5.79. The molecule has 0 aliphatic rings. The third-order valence-corrected chi connectivity index (χ3v) is 3.04. The van der Waals surface area contributed by atoms with E-state index in [9.17, 15) is 18.0 Å². The van der Waals surface area contributed by atoms with Crippen LogP contribution in [0.1, 0.15) is 19.3 Å². The molecule has 0 saturated carbocycles. The maximum atomic E-state index is 11.0. The first-order valence-electron chi connectivity index (χ1n) is 3.97. The van der Waals surface area contributed by atoms with E-state index in [2.05, 4.69) is 0 Å². The Balaban J connectivity index is 3.78. The zero-order valence-electron chi connectivity index (χ0n) is 7.47. The summed E-state index contributed by atoms with van der Waals surface area (Å²) >= 11 is 0. The zero-order valence-corrected chi connectivity index (χ0v) is 8.29. The molecule has 0 aliphatic carbocycles. The molecule has 0 aromatic heterocycles. The van der Waals surface area contributed by atoms with Gasteiger partial charge in [0.15, 0.2) is 9.84 Å². The van der Waals surface area contributed by atoms with Crippen molar-refractivity contribution in [3.63, 3.8) is 0 Å². The topological polar surface area (TPSA) is 109 Å². The SMILES string of the molecule is O=C(O)CCCCS(=O)(=O)CC(=O)O. The molecule has 2 N–H and O–H groups in total. The molecular weight excluding hydrogens is 212 g/mol. The maximum absolute atomic E-state index is 11.0. The molecule has 0 amide bonds. The maximum Gasteiger partial charge on any atom is 0.318 e. The summed E-state index contributed by atoms with van der Waals surface area (Å²) < 4.78 is 21.9. The average molecular weight is 224 g/mol. The highest BCUT2D eigenvalue weighted by atomic mass is 32.2. The summed E-state index contributed by atoms with van der Waals surface area (Å²) in [4.78, 5) is 20.1. The molecule has 0 unspecified atom stereocenters. The van der Waals surface area contributed by atoms with E-state index in [1.165, 1.54) is 0 Å². The lowest BCUT2D eigenvalue weighted by atomic mass is 10.3. The van der Waals surface area contributed by atoms with Gasteiger partial charge < -0.3 is 10.2 Å². The molecule has 0 aliphatic heterocycles. The summed E-state index contributed by atoms with van der Waals surface area (Å²) in [5.41, 5.74) is 0. The van der Waals surface area contributed by atoms with Gasteiger partial charge in [-0.05, 0) is 12.8 Å². The molecule has 14 heavy (non-hydrogen) atoms. The van der Waals surface area contributed by atoms with Crippen LogP contribution in [-0.2, 0) is 19.4 Å². The van der Waals surface area contributed by atoms with Crippen LogP contribution in [0.3, 0.4) is 0 Å². The third kappa shape index (κ3) is 7.53. The Kier molecular flexibility index (Phi) is 5.14. The fourth-order valence-electron chi connectivity index (χ4n) is 0.858. The summed E-state index contributed by atoms with van der Waals surface area (Å²) in [5, 5.41) is 16.5. The predicted molar refractivity (Wildman–Crippen MR) is 47.8 cm³/mol. The van der Waals surface area contributed by atoms with Crippen LogP contribution in [0.25, 0.3) is 0 Å². The van der Waals surface area contributed by atoms with Crippen LogP contribution in [0.2, 0.25) is 0 Å². The van der Waals surface area contributed by atoms with E-state index in [0.29, 0.717) is 0 Å². The predicted octanol–water partition coefficient (Wildman–Crippen LogP) is -0.259. The highest BCUT2D eigenvalue weighted by Gasteiger charge is 2.15. The molecule has 0 fully saturated rings. The molecule has 0 aromatic carbocycles. The number of carbonyl (C=O) groups is 2. The molecule has 0 aromatic rings. The van der Waals surface area contributed by atoms with Crippen LogP contribution in [0.5, 0.6) is 0 Å². The number of unbranched alkanes of at least 4 members (excludes halogenated alkanes) is 1. The van der Waals surface area contributed by atoms with Gasteiger partial charge in [0.25, 0.3) is 0 Å². The molecule has 82 valence electrons. The summed E-state index contributed by atoms with van der Waals surface area (Å²) in [5.74, 6) is -3.53. The van der Waals surface area contributed by atoms with E-state index in [0.717, 1.165) is 0 Å². The van der Waals surface area contributed by atoms with Crippen LogP contribution < -0.4 is 0 Å². The van der Waals surface area contributed by atoms with Gasteiger partial charge in [0.05, 0.1) is 5.75 Å². The number of hydrogen-bond acceptors (Lipinski definition) is 4. The molecule has 7 heteroatoms. The summed E-state index contributed by atoms with van der Waals surface area (Å²) in [6, 6.07) is 0. The quantitative estimate of drug-likeness (QED) is 0.577. The summed E-state index contributed by atoms with van der Waals surface area (Å²) in [7, 11) is -3.57. The lowest BCUT2D eigenvalue weighted by Gasteiger charge is -1.99. The van der Waals surface area contributed by atoms with E-state index in [4.69, 9.17) is 10.2 Å². The Hall–Kier alpha value is -1.11. The largest absolute Gasteiger partial charge is 0.481 e. The van der Waals surface area contributed by atoms with Gasteiger partial charge in [-0.15, -0.1) is 0 Å². The van der Waals surface area contributed by atoms with E-state index >= 15 is 0 Å². The Morgan fingerprint density at radius 1 is 1.00 bits per heavy atom. The molecule has 0 radical (unpaired) electrons. The minimum Gasteiger partial charge on any atom is -0.481 e. The highest BCUT2D eigenvalue weighted by molar-refractivity contribution is 7.92. The van der Waals surface area contributed by atoms with Crippen molar-refractivity contribution in [1.82, 2.24) is 0 Å². The van der Waals surface area contributed by atoms with E-state index < -0.39 is 27.5 Å². The standard InChI is InChI=1S/C7H12O6S/c8-6(9)3-1-2-4-14(12,13)5-7(10)11/h1-5H2,(H,8,9)(H,10,11). The van der Waals surface area contributed by atoms with Crippen LogP contribution >= 0.6 is 0 Å². The second-order valence-corrected chi connectivity index (χ2v) is 5.02. The zero-order chi connectivity index (χ0) is 11.2. The average Bonchev–Trinajstić information content (AvgIpc) is 1.95. The highest BCUT2D eigenvalue weighted by Crippen LogP contribution is 2.00. The smallest absolute Gasteiger partial charge is 0.318 e. The third-order valence-electron chi connectivity index (χ3n) is 1.44. The molecule has 0 heterocycles. The van der Waals surface area contributed by atoms with E-state index in [-0.39, 0.29) is 25.0 Å². The van der Waals surface area contributed by atoms with E-state index in [1.807, 2.05) is 0 Å². The van der Waals surface area contributed by atoms with Crippen molar-refractivity contribution in [1.29, 1.82) is 0 Å². The molecular formula is C7H12O6S. The van der Waals surface area contributed by atoms with Gasteiger partial charge in [0, 0.05) is 6.42 Å². The number of sulfone groups is 1. The van der Waals surface area contributed by atoms with Gasteiger partial charge in [0.1, 0.15) is 5.75 Å². The van der Waals surface area contributed by atoms with Gasteiger partial charge >= 0.3 is 11.9 Å². The van der Waals surface area contributed by atoms with Crippen molar-refractivity contribution in [3.05, 3.63) is 0 Å². The van der Waals surface area contributed by atoms with Crippen LogP contribution in [0.15, 0.2) is 0 Å². The van der Waals surface area contributed by atoms with Gasteiger partial charge in [-0.2, -0.15) is 0 Å². The van der Waals surface area contributed by atoms with Crippen molar-refractivity contribution in [2.24, 2.45) is 0 Å². The van der Waals surface area contributed by atoms with Crippen LogP contribution in [0.4, 0.5) is 0 Å². The molecule has 0 atom stereocenters. The first kappa shape index (κ1) is 12.9. The van der Waals surface area contributed by atoms with Gasteiger partial charge in [-0.1, -0.05) is 0 Å². The van der Waals surface area contributed by atoms with Crippen LogP contribution in [0, 0.1) is 0 Å². The Morgan fingerprint density at radius 3 is 2.00 bits per heavy atom. The lowest BCUT2D eigenvalue weighted by Crippen LogP contribution is -2.18. The summed E-state index contributed by atoms with van der Waals surface area (Å²) in [6.07, 6.45) is 0.332. The number of hydrogen-bond donors (Lipinski definition) is 2. The van der Waals surface area contributed by atoms with Crippen molar-refractivity contribution >= 4 is 21.8 Å². The van der Waals surface area contributed by atoms with Gasteiger partial charge in [-0.25, -0.2) is 8.42 Å². The molecule has 0 bridgehead atoms. The fraction of sp³-hybridized carbons (Fsp3) is 0.714. The molecule has 0 rings (SSSR count). The molecule has 0 saturated heterocycles. The number of carboxylic acid groups (broad SMARTS) is 2.